The Kier molecular flexibility index (Phi) is 30.3. The zero-order valence-electron chi connectivity index (χ0n) is 56.3. The number of guanidine groups is 2. The van der Waals surface area contributed by atoms with E-state index in [0.29, 0.717) is 48.8 Å². The van der Waals surface area contributed by atoms with Crippen LogP contribution in [0.2, 0.25) is 0 Å². The number of carboxylic acids is 1. The summed E-state index contributed by atoms with van der Waals surface area (Å²) in [4.78, 5) is 147. The second-order valence-corrected chi connectivity index (χ2v) is 25.4. The second kappa shape index (κ2) is 38.6. The minimum Gasteiger partial charge on any atom is -0.480 e. The van der Waals surface area contributed by atoms with E-state index in [1.54, 1.807) is 32.4 Å². The molecule has 0 unspecified atom stereocenters. The van der Waals surface area contributed by atoms with Crippen LogP contribution in [-0.4, -0.2) is 166 Å². The molecule has 0 bridgehead atoms. The number of aliphatic carboxylic acids is 1. The standard InChI is InChI=1S/C68H100N20O10/c1-38(2)31-53(84-58(89)46(71)20-15-29-76-67(72)73)62(93)82-50(24-11-13-27-69)59(90)81-51(25-12-14-28-70)61(92)88-57(39(3)4)65(96)83-52(26-16-30-77-68(74)75)60(91)85-54(32-40-35-78-47-21-8-5-17-43(40)47)63(94)86-55(33-41-36-79-48-22-9-6-18-44(41)48)64(95)87-56(66(97)98)34-42-37-80-49-23-10-7-19-45(42)49/h5-10,17-19,21-23,35-39,46,50-57,78-80H,11-16,20,24-34,69-71H2,1-4H3,(H,81,90)(H,82,93)(H,83,96)(H,84,89)(H,85,91)(H,86,94)(H,87,95)(H,88,92)(H,97,98)(H4,72,73,76)(H4,74,75,77)/t46-,50-,51-,52-,53-,54-,55-,56-,57-/m0/s1. The molecule has 3 heterocycles. The minimum absolute atomic E-state index is 0.0235. The number of benzene rings is 3. The first-order valence-corrected chi connectivity index (χ1v) is 33.4. The fourth-order valence-corrected chi connectivity index (χ4v) is 11.5. The Morgan fingerprint density at radius 2 is 0.755 bits per heavy atom. The first kappa shape index (κ1) is 76.9. The van der Waals surface area contributed by atoms with Gasteiger partial charge in [0.05, 0.1) is 6.04 Å². The van der Waals surface area contributed by atoms with Crippen molar-refractivity contribution in [3.63, 3.8) is 0 Å². The molecule has 8 amide bonds. The van der Waals surface area contributed by atoms with Crippen LogP contribution >= 0.6 is 0 Å². The van der Waals surface area contributed by atoms with Gasteiger partial charge in [-0.05, 0) is 130 Å². The Bertz CT molecular complexity index is 3700. The number of para-hydroxylation sites is 3. The first-order valence-electron chi connectivity index (χ1n) is 33.4. The Balaban J connectivity index is 1.26. The number of aromatic amines is 3. The van der Waals surface area contributed by atoms with Crippen LogP contribution in [-0.2, 0) is 62.4 Å². The van der Waals surface area contributed by atoms with Crippen LogP contribution in [0.1, 0.15) is 115 Å². The number of rotatable bonds is 42. The summed E-state index contributed by atoms with van der Waals surface area (Å²) in [5, 5.41) is 35.1. The SMILES string of the molecule is CC(C)C[C@H](NC(=O)[C@@H](N)CCCN=C(N)N)C(=O)N[C@@H](CCCCN)C(=O)N[C@@H](CCCCN)C(=O)N[C@H](C(=O)N[C@@H](CCCN=C(N)N)C(=O)N[C@@H](Cc1c[nH]c2ccccc12)C(=O)N[C@@H](Cc1c[nH]c2ccccc12)C(=O)N[C@@H](Cc1c[nH]c2ccccc12)C(=O)O)C(C)C. The molecule has 0 spiro atoms. The van der Waals surface area contributed by atoms with E-state index in [2.05, 4.69) is 67.5 Å². The van der Waals surface area contributed by atoms with Gasteiger partial charge in [-0.15, -0.1) is 0 Å². The number of unbranched alkanes of at least 4 members (excludes halogenated alkanes) is 2. The molecule has 0 fully saturated rings. The molecule has 30 heteroatoms. The lowest BCUT2D eigenvalue weighted by atomic mass is 9.99. The van der Waals surface area contributed by atoms with Crippen molar-refractivity contribution in [2.75, 3.05) is 26.2 Å². The van der Waals surface area contributed by atoms with Gasteiger partial charge in [-0.3, -0.25) is 48.3 Å². The van der Waals surface area contributed by atoms with E-state index >= 15 is 9.59 Å². The van der Waals surface area contributed by atoms with E-state index in [1.165, 1.54) is 0 Å². The summed E-state index contributed by atoms with van der Waals surface area (Å²) in [5.41, 5.74) is 44.2. The van der Waals surface area contributed by atoms with Crippen LogP contribution in [0.25, 0.3) is 32.7 Å². The predicted octanol–water partition coefficient (Wildman–Crippen LogP) is 0.516. The Hall–Kier alpha value is -10.1. The molecule has 30 nitrogen and oxygen atoms in total. The molecule has 0 saturated carbocycles. The van der Waals surface area contributed by atoms with Crippen molar-refractivity contribution in [2.24, 2.45) is 62.0 Å². The number of hydrogen-bond acceptors (Lipinski definition) is 14. The summed E-state index contributed by atoms with van der Waals surface area (Å²) in [6.07, 6.45) is 7.41. The highest BCUT2D eigenvalue weighted by molar-refractivity contribution is 5.99. The number of fused-ring (bicyclic) bond motifs is 3. The Labute approximate surface area is 569 Å². The molecule has 0 radical (unpaired) electrons. The van der Waals surface area contributed by atoms with E-state index in [-0.39, 0.29) is 102 Å². The lowest BCUT2D eigenvalue weighted by Crippen LogP contribution is -2.61. The average molecular weight is 1360 g/mol. The normalized spacial score (nSPS) is 14.2. The highest BCUT2D eigenvalue weighted by atomic mass is 16.4. The second-order valence-electron chi connectivity index (χ2n) is 25.4. The third-order valence-corrected chi connectivity index (χ3v) is 16.8. The van der Waals surface area contributed by atoms with Gasteiger partial charge in [-0.25, -0.2) is 4.79 Å². The molecule has 3 aromatic heterocycles. The summed E-state index contributed by atoms with van der Waals surface area (Å²) >= 11 is 0. The predicted molar refractivity (Wildman–Crippen MR) is 377 cm³/mol. The van der Waals surface area contributed by atoms with Crippen LogP contribution in [0.4, 0.5) is 0 Å². The number of aliphatic imine (C=N–C) groups is 2. The van der Waals surface area contributed by atoms with Crippen LogP contribution in [0.5, 0.6) is 0 Å². The fourth-order valence-electron chi connectivity index (χ4n) is 11.5. The average Bonchev–Trinajstić information content (AvgIpc) is 1.68. The van der Waals surface area contributed by atoms with Crippen molar-refractivity contribution in [3.05, 3.63) is 108 Å². The number of amides is 8. The molecule has 0 aliphatic heterocycles. The van der Waals surface area contributed by atoms with Crippen molar-refractivity contribution in [1.82, 2.24) is 57.5 Å². The van der Waals surface area contributed by atoms with Gasteiger partial charge >= 0.3 is 5.97 Å². The largest absolute Gasteiger partial charge is 0.480 e. The zero-order valence-corrected chi connectivity index (χ0v) is 56.3. The van der Waals surface area contributed by atoms with Gasteiger partial charge in [0.2, 0.25) is 47.3 Å². The van der Waals surface area contributed by atoms with Crippen molar-refractivity contribution in [3.8, 4) is 0 Å². The molecule has 6 rings (SSSR count). The van der Waals surface area contributed by atoms with Gasteiger partial charge < -0.3 is 103 Å². The van der Waals surface area contributed by atoms with E-state index in [4.69, 9.17) is 40.1 Å². The smallest absolute Gasteiger partial charge is 0.326 e. The minimum atomic E-state index is -1.46. The molecule has 98 heavy (non-hydrogen) atoms. The van der Waals surface area contributed by atoms with Crippen molar-refractivity contribution in [2.45, 2.75) is 172 Å². The molecule has 26 N–H and O–H groups in total. The highest BCUT2D eigenvalue weighted by Crippen LogP contribution is 2.24. The molecule has 0 saturated heterocycles. The number of nitrogens with two attached hydrogens (primary N) is 7. The van der Waals surface area contributed by atoms with Gasteiger partial charge in [-0.2, -0.15) is 0 Å². The Morgan fingerprint density at radius 3 is 1.15 bits per heavy atom. The molecular weight excluding hydrogens is 1260 g/mol. The molecule has 9 atom stereocenters. The third kappa shape index (κ3) is 23.6. The third-order valence-electron chi connectivity index (χ3n) is 16.8. The summed E-state index contributed by atoms with van der Waals surface area (Å²) in [6, 6.07) is 10.3. The molecule has 532 valence electrons. The first-order chi connectivity index (χ1) is 46.9. The zero-order chi connectivity index (χ0) is 71.4. The highest BCUT2D eigenvalue weighted by Gasteiger charge is 2.37. The monoisotopic (exact) mass is 1360 g/mol. The van der Waals surface area contributed by atoms with Crippen LogP contribution < -0.4 is 82.7 Å². The maximum atomic E-state index is 15.2. The van der Waals surface area contributed by atoms with E-state index in [9.17, 15) is 38.7 Å². The van der Waals surface area contributed by atoms with Crippen LogP contribution in [0, 0.1) is 11.8 Å². The van der Waals surface area contributed by atoms with Gasteiger partial charge in [-0.1, -0.05) is 82.3 Å². The van der Waals surface area contributed by atoms with Gasteiger partial charge in [0.25, 0.3) is 0 Å². The maximum absolute atomic E-state index is 15.2. The number of hydrogen-bond donors (Lipinski definition) is 19. The molecule has 6 aromatic rings. The molecule has 3 aromatic carbocycles. The number of nitrogens with zero attached hydrogens (tertiary/aromatic N) is 2. The van der Waals surface area contributed by atoms with Gasteiger partial charge in [0.15, 0.2) is 11.9 Å². The van der Waals surface area contributed by atoms with Crippen molar-refractivity contribution in [1.29, 1.82) is 0 Å². The van der Waals surface area contributed by atoms with Crippen molar-refractivity contribution >= 4 is 97.9 Å². The van der Waals surface area contributed by atoms with Crippen molar-refractivity contribution < 1.29 is 48.3 Å². The Morgan fingerprint density at radius 1 is 0.418 bits per heavy atom. The summed E-state index contributed by atoms with van der Waals surface area (Å²) in [5.74, 6) is -8.42. The number of carbonyl (C=O) groups excluding carboxylic acids is 8. The van der Waals surface area contributed by atoms with Gasteiger partial charge in [0, 0.05) is 83.7 Å². The number of aromatic nitrogens is 3. The van der Waals surface area contributed by atoms with E-state index in [0.717, 1.165) is 32.7 Å². The topological polar surface area (TPSA) is 524 Å². The number of nitrogens with one attached hydrogen (secondary N) is 11. The lowest BCUT2D eigenvalue weighted by Gasteiger charge is -2.29. The quantitative estimate of drug-likeness (QED) is 0.0141. The van der Waals surface area contributed by atoms with Gasteiger partial charge in [0.1, 0.15) is 48.3 Å². The molecule has 0 aliphatic rings. The summed E-state index contributed by atoms with van der Waals surface area (Å²) < 4.78 is 0. The van der Waals surface area contributed by atoms with Crippen LogP contribution in [0.15, 0.2) is 101 Å². The molecule has 0 aliphatic carbocycles. The molecular formula is C68H100N20O10. The van der Waals surface area contributed by atoms with E-state index in [1.807, 2.05) is 86.6 Å². The number of carboxylic acid groups (broad SMARTS) is 1. The summed E-state index contributed by atoms with van der Waals surface area (Å²) in [7, 11) is 0. The van der Waals surface area contributed by atoms with E-state index < -0.39 is 114 Å². The number of carbonyl (C=O) groups is 9. The maximum Gasteiger partial charge on any atom is 0.326 e. The lowest BCUT2D eigenvalue weighted by molar-refractivity contribution is -0.142. The number of H-pyrrole nitrogens is 3. The van der Waals surface area contributed by atoms with Crippen LogP contribution in [0.3, 0.4) is 0 Å². The summed E-state index contributed by atoms with van der Waals surface area (Å²) in [6.45, 7) is 7.88. The fraction of sp³-hybridized carbons (Fsp3) is 0.485.